The van der Waals surface area contributed by atoms with Crippen LogP contribution >= 0.6 is 22.7 Å². The number of aryl methyl sites for hydroxylation is 1. The molecule has 0 bridgehead atoms. The molecule has 0 aliphatic rings. The van der Waals surface area contributed by atoms with Gasteiger partial charge in [-0.05, 0) is 6.92 Å². The fourth-order valence-corrected chi connectivity index (χ4v) is 2.48. The first kappa shape index (κ1) is 10.3. The normalized spacial score (nSPS) is 10.5. The Kier molecular flexibility index (Phi) is 2.80. The summed E-state index contributed by atoms with van der Waals surface area (Å²) in [4.78, 5) is 11.4. The zero-order valence-corrected chi connectivity index (χ0v) is 9.56. The summed E-state index contributed by atoms with van der Waals surface area (Å²) in [7, 11) is 0. The van der Waals surface area contributed by atoms with E-state index in [0.717, 1.165) is 10.7 Å². The number of thiazole rings is 1. The average Bonchev–Trinajstić information content (AvgIpc) is 2.80. The number of hydrazine groups is 1. The molecule has 0 saturated heterocycles. The fraction of sp³-hybridized carbons (Fsp3) is 0.286. The second-order valence-electron chi connectivity index (χ2n) is 2.87. The quantitative estimate of drug-likeness (QED) is 0.602. The van der Waals surface area contributed by atoms with Crippen molar-refractivity contribution in [2.75, 3.05) is 5.43 Å². The summed E-state index contributed by atoms with van der Waals surface area (Å²) < 4.78 is 1.66. The minimum atomic E-state index is 0.0185. The van der Waals surface area contributed by atoms with Gasteiger partial charge in [0.05, 0.1) is 6.54 Å². The molecule has 2 heterocycles. The molecule has 0 aliphatic heterocycles. The summed E-state index contributed by atoms with van der Waals surface area (Å²) in [5.74, 6) is 5.19. The zero-order chi connectivity index (χ0) is 10.8. The van der Waals surface area contributed by atoms with E-state index in [9.17, 15) is 4.79 Å². The van der Waals surface area contributed by atoms with E-state index < -0.39 is 0 Å². The van der Waals surface area contributed by atoms with Crippen molar-refractivity contribution in [3.05, 3.63) is 25.7 Å². The number of nitrogens with two attached hydrogens (primary N) is 1. The van der Waals surface area contributed by atoms with Crippen LogP contribution in [-0.2, 0) is 6.54 Å². The topological polar surface area (TPSA) is 85.8 Å². The number of rotatable bonds is 3. The molecule has 0 saturated carbocycles. The summed E-state index contributed by atoms with van der Waals surface area (Å²) in [5.41, 5.74) is 3.35. The van der Waals surface area contributed by atoms with Crippen molar-refractivity contribution in [3.63, 3.8) is 0 Å². The SMILES string of the molecule is Cc1csc(=O)n1Cc1nnc(NN)s1. The number of hydrogen-bond acceptors (Lipinski definition) is 7. The molecule has 0 amide bonds. The first-order valence-corrected chi connectivity index (χ1v) is 5.84. The highest BCUT2D eigenvalue weighted by Gasteiger charge is 2.07. The summed E-state index contributed by atoms with van der Waals surface area (Å²) in [5, 5.41) is 10.8. The highest BCUT2D eigenvalue weighted by Crippen LogP contribution is 2.15. The number of nitrogens with zero attached hydrogens (tertiary/aromatic N) is 3. The van der Waals surface area contributed by atoms with Crippen LogP contribution in [0.4, 0.5) is 5.13 Å². The molecular formula is C7H9N5OS2. The number of anilines is 1. The Balaban J connectivity index is 2.25. The van der Waals surface area contributed by atoms with Gasteiger partial charge in [-0.2, -0.15) is 0 Å². The molecule has 0 radical (unpaired) electrons. The Morgan fingerprint density at radius 1 is 1.60 bits per heavy atom. The molecule has 0 aromatic carbocycles. The van der Waals surface area contributed by atoms with E-state index in [1.165, 1.54) is 22.7 Å². The van der Waals surface area contributed by atoms with Gasteiger partial charge in [-0.1, -0.05) is 22.7 Å². The fourth-order valence-electron chi connectivity index (χ4n) is 1.11. The van der Waals surface area contributed by atoms with Crippen LogP contribution in [-0.4, -0.2) is 14.8 Å². The maximum absolute atomic E-state index is 11.4. The highest BCUT2D eigenvalue weighted by atomic mass is 32.1. The van der Waals surface area contributed by atoms with Crippen molar-refractivity contribution in [1.29, 1.82) is 0 Å². The van der Waals surface area contributed by atoms with Crippen molar-refractivity contribution in [3.8, 4) is 0 Å². The lowest BCUT2D eigenvalue weighted by atomic mass is 10.5. The van der Waals surface area contributed by atoms with E-state index in [-0.39, 0.29) is 4.87 Å². The molecular weight excluding hydrogens is 234 g/mol. The Bertz CT molecular complexity index is 513. The third-order valence-corrected chi connectivity index (χ3v) is 3.58. The van der Waals surface area contributed by atoms with Crippen LogP contribution in [0.25, 0.3) is 0 Å². The Hall–Kier alpha value is -1.25. The summed E-state index contributed by atoms with van der Waals surface area (Å²) in [6, 6.07) is 0. The number of nitrogen functional groups attached to an aromatic ring is 1. The molecule has 0 fully saturated rings. The summed E-state index contributed by atoms with van der Waals surface area (Å²) in [6.45, 7) is 2.34. The van der Waals surface area contributed by atoms with Gasteiger partial charge in [0.2, 0.25) is 5.13 Å². The van der Waals surface area contributed by atoms with Gasteiger partial charge in [0.25, 0.3) is 0 Å². The van der Waals surface area contributed by atoms with Gasteiger partial charge in [-0.25, -0.2) is 5.84 Å². The molecule has 0 atom stereocenters. The molecule has 0 unspecified atom stereocenters. The minimum Gasteiger partial charge on any atom is -0.298 e. The smallest absolute Gasteiger partial charge is 0.298 e. The summed E-state index contributed by atoms with van der Waals surface area (Å²) >= 11 is 2.52. The van der Waals surface area contributed by atoms with Crippen molar-refractivity contribution >= 4 is 27.8 Å². The van der Waals surface area contributed by atoms with Crippen LogP contribution < -0.4 is 16.1 Å². The van der Waals surface area contributed by atoms with Gasteiger partial charge >= 0.3 is 4.87 Å². The standard InChI is InChI=1S/C7H9N5OS2/c1-4-3-14-7(13)12(4)2-5-10-11-6(9-8)15-5/h3H,2,8H2,1H3,(H,9,11). The zero-order valence-electron chi connectivity index (χ0n) is 7.93. The molecule has 2 aromatic heterocycles. The maximum atomic E-state index is 11.4. The largest absolute Gasteiger partial charge is 0.307 e. The second-order valence-corrected chi connectivity index (χ2v) is 4.76. The molecule has 0 aliphatic carbocycles. The van der Waals surface area contributed by atoms with E-state index in [2.05, 4.69) is 15.6 Å². The lowest BCUT2D eigenvalue weighted by Crippen LogP contribution is -2.15. The number of aromatic nitrogens is 3. The lowest BCUT2D eigenvalue weighted by Gasteiger charge is -1.98. The van der Waals surface area contributed by atoms with Gasteiger partial charge in [-0.3, -0.25) is 14.8 Å². The third kappa shape index (κ3) is 2.06. The molecule has 2 aromatic rings. The molecule has 0 spiro atoms. The molecule has 80 valence electrons. The van der Waals surface area contributed by atoms with Gasteiger partial charge in [0.1, 0.15) is 5.01 Å². The van der Waals surface area contributed by atoms with Gasteiger partial charge < -0.3 is 0 Å². The van der Waals surface area contributed by atoms with E-state index in [0.29, 0.717) is 11.7 Å². The monoisotopic (exact) mass is 243 g/mol. The predicted octanol–water partition coefficient (Wildman–Crippen LogP) is 0.404. The lowest BCUT2D eigenvalue weighted by molar-refractivity contribution is 0.740. The van der Waals surface area contributed by atoms with Crippen LogP contribution in [0.1, 0.15) is 10.7 Å². The minimum absolute atomic E-state index is 0.0185. The van der Waals surface area contributed by atoms with E-state index >= 15 is 0 Å². The summed E-state index contributed by atoms with van der Waals surface area (Å²) in [6.07, 6.45) is 0. The van der Waals surface area contributed by atoms with Gasteiger partial charge in [-0.15, -0.1) is 10.2 Å². The molecule has 6 nitrogen and oxygen atoms in total. The number of nitrogens with one attached hydrogen (secondary N) is 1. The highest BCUT2D eigenvalue weighted by molar-refractivity contribution is 7.15. The van der Waals surface area contributed by atoms with Crippen LogP contribution in [0.3, 0.4) is 0 Å². The van der Waals surface area contributed by atoms with Crippen molar-refractivity contribution in [2.45, 2.75) is 13.5 Å². The maximum Gasteiger partial charge on any atom is 0.307 e. The van der Waals surface area contributed by atoms with E-state index in [4.69, 9.17) is 5.84 Å². The van der Waals surface area contributed by atoms with E-state index in [1.54, 1.807) is 4.57 Å². The van der Waals surface area contributed by atoms with Crippen LogP contribution in [0.15, 0.2) is 10.2 Å². The third-order valence-electron chi connectivity index (χ3n) is 1.86. The van der Waals surface area contributed by atoms with Crippen molar-refractivity contribution < 1.29 is 0 Å². The molecule has 15 heavy (non-hydrogen) atoms. The predicted molar refractivity (Wildman–Crippen MR) is 60.1 cm³/mol. The van der Waals surface area contributed by atoms with Crippen LogP contribution in [0.2, 0.25) is 0 Å². The molecule has 8 heteroatoms. The second kappa shape index (κ2) is 4.09. The Morgan fingerprint density at radius 2 is 2.40 bits per heavy atom. The van der Waals surface area contributed by atoms with Gasteiger partial charge in [0, 0.05) is 11.1 Å². The Labute approximate surface area is 93.4 Å². The first-order valence-electron chi connectivity index (χ1n) is 4.14. The number of hydrogen-bond donors (Lipinski definition) is 2. The average molecular weight is 243 g/mol. The Morgan fingerprint density at radius 3 is 2.93 bits per heavy atom. The molecule has 2 rings (SSSR count). The van der Waals surface area contributed by atoms with Crippen LogP contribution in [0.5, 0.6) is 0 Å². The van der Waals surface area contributed by atoms with E-state index in [1.807, 2.05) is 12.3 Å². The van der Waals surface area contributed by atoms with Gasteiger partial charge in [0.15, 0.2) is 0 Å². The van der Waals surface area contributed by atoms with Crippen molar-refractivity contribution in [1.82, 2.24) is 14.8 Å². The van der Waals surface area contributed by atoms with Crippen LogP contribution in [0, 0.1) is 6.92 Å². The van der Waals surface area contributed by atoms with Crippen molar-refractivity contribution in [2.24, 2.45) is 5.84 Å². The first-order chi connectivity index (χ1) is 7.20. The molecule has 3 N–H and O–H groups in total.